The molecule has 2 saturated heterocycles. The molecule has 1 aromatic carbocycles. The monoisotopic (exact) mass is 924 g/mol. The maximum absolute atomic E-state index is 14.5. The van der Waals surface area contributed by atoms with Gasteiger partial charge in [0.05, 0.1) is 25.5 Å². The minimum atomic E-state index is -4.70. The highest BCUT2D eigenvalue weighted by Crippen LogP contribution is 2.51. The molecular formula is C42H65N6O15P. The molecule has 2 fully saturated rings. The Balaban J connectivity index is 0.00000109. The molecule has 1 aromatic heterocycles. The van der Waals surface area contributed by atoms with E-state index in [9.17, 15) is 33.6 Å². The maximum Gasteiger partial charge on any atom is 0.510 e. The van der Waals surface area contributed by atoms with Gasteiger partial charge in [0.2, 0.25) is 18.5 Å². The number of carbonyl (C=O) groups excluding carboxylic acids is 4. The van der Waals surface area contributed by atoms with Gasteiger partial charge in [0, 0.05) is 71.2 Å². The van der Waals surface area contributed by atoms with Crippen LogP contribution in [0.3, 0.4) is 0 Å². The van der Waals surface area contributed by atoms with Crippen molar-refractivity contribution in [2.45, 2.75) is 98.4 Å². The van der Waals surface area contributed by atoms with Gasteiger partial charge in [-0.2, -0.15) is 0 Å². The van der Waals surface area contributed by atoms with Crippen LogP contribution in [-0.4, -0.2) is 159 Å². The highest BCUT2D eigenvalue weighted by atomic mass is 31.2. The molecule has 0 saturated carbocycles. The lowest BCUT2D eigenvalue weighted by Crippen LogP contribution is -2.56. The first kappa shape index (κ1) is 53.3. The maximum atomic E-state index is 14.5. The summed E-state index contributed by atoms with van der Waals surface area (Å²) in [5.74, 6) is -0.963. The molecule has 0 aliphatic carbocycles. The molecule has 2 aromatic rings. The van der Waals surface area contributed by atoms with E-state index in [-0.39, 0.29) is 57.0 Å². The molecule has 0 radical (unpaired) electrons. The van der Waals surface area contributed by atoms with E-state index in [0.29, 0.717) is 24.5 Å². The molecule has 64 heavy (non-hydrogen) atoms. The lowest BCUT2D eigenvalue weighted by atomic mass is 10.2. The van der Waals surface area contributed by atoms with Crippen LogP contribution in [0.5, 0.6) is 0 Å². The summed E-state index contributed by atoms with van der Waals surface area (Å²) in [7, 11) is -3.09. The molecule has 4 rings (SSSR count). The van der Waals surface area contributed by atoms with Crippen LogP contribution in [0.2, 0.25) is 0 Å². The zero-order chi connectivity index (χ0) is 47.1. The van der Waals surface area contributed by atoms with E-state index in [1.165, 1.54) is 64.3 Å². The average molecular weight is 925 g/mol. The van der Waals surface area contributed by atoms with Gasteiger partial charge < -0.3 is 53.5 Å². The first-order valence-electron chi connectivity index (χ1n) is 21.7. The van der Waals surface area contributed by atoms with Crippen LogP contribution in [-0.2, 0) is 46.8 Å². The number of amides is 3. The SMILES string of the molecule is CCCCOCCCC.CCOC(=O)OC(C)OP(=O)(C[C@H](NC(=O)c1cc(N2CC[C@H](OC)C2)nc(-c2ccccc2)n1)C(=O)N1CCN(C(=O)O)CC1)OC(C)OC(=O)OCC. The smallest absolute Gasteiger partial charge is 0.465 e. The first-order valence-corrected chi connectivity index (χ1v) is 23.4. The fourth-order valence-corrected chi connectivity index (χ4v) is 8.22. The number of carboxylic acid groups (broad SMARTS) is 1. The molecule has 2 aliphatic rings. The number of hydrogen-bond acceptors (Lipinski definition) is 17. The second kappa shape index (κ2) is 28.0. The number of unbranched alkanes of at least 4 members (excludes halogenated alkanes) is 2. The van der Waals surface area contributed by atoms with Crippen molar-refractivity contribution in [3.63, 3.8) is 0 Å². The molecule has 0 bridgehead atoms. The Labute approximate surface area is 374 Å². The molecule has 2 unspecified atom stereocenters. The molecule has 2 aliphatic heterocycles. The van der Waals surface area contributed by atoms with Gasteiger partial charge in [-0.15, -0.1) is 0 Å². The minimum Gasteiger partial charge on any atom is -0.465 e. The van der Waals surface area contributed by atoms with Crippen molar-refractivity contribution < 1.29 is 71.1 Å². The van der Waals surface area contributed by atoms with E-state index < -0.39 is 62.6 Å². The summed E-state index contributed by atoms with van der Waals surface area (Å²) in [6.07, 6.45) is -1.94. The molecule has 3 heterocycles. The van der Waals surface area contributed by atoms with Crippen molar-refractivity contribution >= 4 is 43.6 Å². The minimum absolute atomic E-state index is 0.0325. The first-order chi connectivity index (χ1) is 30.6. The number of nitrogens with zero attached hydrogens (tertiary/aromatic N) is 5. The molecule has 22 heteroatoms. The predicted molar refractivity (Wildman–Crippen MR) is 233 cm³/mol. The summed E-state index contributed by atoms with van der Waals surface area (Å²) in [4.78, 5) is 77.6. The molecule has 3 amide bonds. The summed E-state index contributed by atoms with van der Waals surface area (Å²) in [5.41, 5.74) is 0.482. The van der Waals surface area contributed by atoms with Crippen molar-refractivity contribution in [1.29, 1.82) is 0 Å². The third-order valence-electron chi connectivity index (χ3n) is 9.60. The highest BCUT2D eigenvalue weighted by molar-refractivity contribution is 7.54. The average Bonchev–Trinajstić information content (AvgIpc) is 3.76. The predicted octanol–water partition coefficient (Wildman–Crippen LogP) is 6.16. The molecule has 0 spiro atoms. The third kappa shape index (κ3) is 18.2. The molecule has 4 atom stereocenters. The quantitative estimate of drug-likeness (QED) is 0.0581. The number of hydrogen-bond donors (Lipinski definition) is 2. The number of nitrogens with one attached hydrogen (secondary N) is 1. The summed E-state index contributed by atoms with van der Waals surface area (Å²) in [5, 5.41) is 12.1. The van der Waals surface area contributed by atoms with Crippen molar-refractivity contribution in [2.75, 3.05) is 83.9 Å². The Hall–Kier alpha value is -5.08. The van der Waals surface area contributed by atoms with Gasteiger partial charge in [-0.05, 0) is 47.0 Å². The topological polar surface area (TPSA) is 244 Å². The number of piperazine rings is 1. The number of aromatic nitrogens is 2. The number of rotatable bonds is 22. The van der Waals surface area contributed by atoms with Crippen LogP contribution in [0, 0.1) is 0 Å². The van der Waals surface area contributed by atoms with Crippen molar-refractivity contribution in [1.82, 2.24) is 25.1 Å². The summed E-state index contributed by atoms with van der Waals surface area (Å²) in [6.45, 7) is 12.6. The number of methoxy groups -OCH3 is 1. The van der Waals surface area contributed by atoms with E-state index >= 15 is 0 Å². The Morgan fingerprint density at radius 2 is 1.39 bits per heavy atom. The second-order valence-electron chi connectivity index (χ2n) is 14.6. The van der Waals surface area contributed by atoms with Gasteiger partial charge in [0.15, 0.2) is 5.82 Å². The van der Waals surface area contributed by atoms with Crippen LogP contribution in [0.25, 0.3) is 11.4 Å². The standard InChI is InChI=1S/C34H47N6O14P.C8H18O/c1-6-49-33(45)51-22(3)53-55(47,54-23(4)52-34(46)50-7-2)21-27(31(42)38-15-17-39(18-16-38)32(43)44)36-30(41)26-19-28(40-14-13-25(20-40)48-5)37-29(35-26)24-11-9-8-10-12-24;1-3-5-7-9-8-6-4-2/h8-12,19,22-23,25,27H,6-7,13-18,20-21H2,1-5H3,(H,36,41)(H,43,44);3-8H2,1-2H3/t22?,23?,25-,27-,55?;/m0./s1. The van der Waals surface area contributed by atoms with E-state index in [1.54, 1.807) is 31.4 Å². The van der Waals surface area contributed by atoms with Crippen molar-refractivity contribution in [3.8, 4) is 11.4 Å². The van der Waals surface area contributed by atoms with Gasteiger partial charge in [-0.1, -0.05) is 57.0 Å². The van der Waals surface area contributed by atoms with E-state index in [0.717, 1.165) is 24.5 Å². The Morgan fingerprint density at radius 3 is 1.89 bits per heavy atom. The lowest BCUT2D eigenvalue weighted by Gasteiger charge is -2.36. The third-order valence-corrected chi connectivity index (χ3v) is 11.7. The fraction of sp³-hybridized carbons (Fsp3) is 0.643. The zero-order valence-corrected chi connectivity index (χ0v) is 38.8. The van der Waals surface area contributed by atoms with Crippen LogP contribution in [0.1, 0.15) is 84.1 Å². The van der Waals surface area contributed by atoms with Gasteiger partial charge >= 0.3 is 26.0 Å². The van der Waals surface area contributed by atoms with Gasteiger partial charge in [-0.25, -0.2) is 24.4 Å². The Kier molecular flexibility index (Phi) is 23.3. The van der Waals surface area contributed by atoms with Crippen LogP contribution < -0.4 is 10.2 Å². The van der Waals surface area contributed by atoms with Crippen molar-refractivity contribution in [3.05, 3.63) is 42.1 Å². The second-order valence-corrected chi connectivity index (χ2v) is 16.6. The molecule has 358 valence electrons. The van der Waals surface area contributed by atoms with Crippen LogP contribution >= 0.6 is 7.60 Å². The van der Waals surface area contributed by atoms with Crippen LogP contribution in [0.4, 0.5) is 20.2 Å². The normalized spacial score (nSPS) is 17.2. The summed E-state index contributed by atoms with van der Waals surface area (Å²) in [6, 6.07) is 8.74. The van der Waals surface area contributed by atoms with Crippen LogP contribution in [0.15, 0.2) is 36.4 Å². The molecular weight excluding hydrogens is 859 g/mol. The lowest BCUT2D eigenvalue weighted by molar-refractivity contribution is -0.134. The largest absolute Gasteiger partial charge is 0.510 e. The van der Waals surface area contributed by atoms with Gasteiger partial charge in [0.25, 0.3) is 5.91 Å². The molecule has 21 nitrogen and oxygen atoms in total. The number of carbonyl (C=O) groups is 5. The zero-order valence-electron chi connectivity index (χ0n) is 37.9. The Morgan fingerprint density at radius 1 is 0.828 bits per heavy atom. The molecule has 2 N–H and O–H groups in total. The Bertz CT molecular complexity index is 1780. The summed E-state index contributed by atoms with van der Waals surface area (Å²) < 4.78 is 56.1. The van der Waals surface area contributed by atoms with Crippen molar-refractivity contribution in [2.24, 2.45) is 0 Å². The van der Waals surface area contributed by atoms with E-state index in [2.05, 4.69) is 24.1 Å². The van der Waals surface area contributed by atoms with E-state index in [1.807, 2.05) is 11.0 Å². The fourth-order valence-electron chi connectivity index (χ4n) is 6.31. The number of ether oxygens (including phenoxy) is 6. The number of anilines is 1. The van der Waals surface area contributed by atoms with Gasteiger partial charge in [-0.3, -0.25) is 23.2 Å². The van der Waals surface area contributed by atoms with E-state index in [4.69, 9.17) is 42.5 Å². The summed E-state index contributed by atoms with van der Waals surface area (Å²) >= 11 is 0. The van der Waals surface area contributed by atoms with Gasteiger partial charge in [0.1, 0.15) is 17.6 Å². The highest BCUT2D eigenvalue weighted by Gasteiger charge is 2.41. The number of benzene rings is 1.